The number of carbonyl (C=O) groups is 1. The lowest BCUT2D eigenvalue weighted by atomic mass is 9.94. The van der Waals surface area contributed by atoms with E-state index in [2.05, 4.69) is 30.7 Å². The molecule has 1 aliphatic heterocycles. The molecule has 1 aromatic carbocycles. The highest BCUT2D eigenvalue weighted by Gasteiger charge is 2.27. The molecule has 9 heteroatoms. The molecule has 0 atom stereocenters. The van der Waals surface area contributed by atoms with Crippen molar-refractivity contribution in [2.75, 3.05) is 19.8 Å². The summed E-state index contributed by atoms with van der Waals surface area (Å²) in [5.74, 6) is 1.33. The van der Waals surface area contributed by atoms with Gasteiger partial charge in [0.1, 0.15) is 5.82 Å². The molecule has 3 heterocycles. The van der Waals surface area contributed by atoms with Crippen molar-refractivity contribution in [3.63, 3.8) is 0 Å². The first kappa shape index (κ1) is 24.5. The van der Waals surface area contributed by atoms with Crippen molar-refractivity contribution < 1.29 is 17.9 Å². The largest absolute Gasteiger partial charge is 0.381 e. The highest BCUT2D eigenvalue weighted by Crippen LogP contribution is 2.30. The summed E-state index contributed by atoms with van der Waals surface area (Å²) in [7, 11) is -3.80. The Morgan fingerprint density at radius 1 is 1.21 bits per heavy atom. The molecule has 0 spiro atoms. The number of likely N-dealkylation sites (N-methyl/N-ethyl adjacent to an activating group) is 1. The van der Waals surface area contributed by atoms with Gasteiger partial charge in [-0.25, -0.2) is 17.4 Å². The van der Waals surface area contributed by atoms with E-state index in [0.717, 1.165) is 43.9 Å². The summed E-state index contributed by atoms with van der Waals surface area (Å²) < 4.78 is 35.6. The van der Waals surface area contributed by atoms with Gasteiger partial charge < -0.3 is 14.6 Å². The summed E-state index contributed by atoms with van der Waals surface area (Å²) in [4.78, 5) is 16.9. The van der Waals surface area contributed by atoms with Gasteiger partial charge in [0.15, 0.2) is 0 Å². The lowest BCUT2D eigenvalue weighted by Crippen LogP contribution is -2.25. The Bertz CT molecular complexity index is 1280. The van der Waals surface area contributed by atoms with Crippen LogP contribution in [0.4, 0.5) is 0 Å². The van der Waals surface area contributed by atoms with Crippen LogP contribution in [0.5, 0.6) is 0 Å². The van der Waals surface area contributed by atoms with Gasteiger partial charge in [0.05, 0.1) is 22.3 Å². The van der Waals surface area contributed by atoms with Crippen molar-refractivity contribution in [1.82, 2.24) is 18.8 Å². The molecule has 1 amide bonds. The van der Waals surface area contributed by atoms with Crippen LogP contribution in [0.2, 0.25) is 0 Å². The van der Waals surface area contributed by atoms with Crippen LogP contribution in [-0.4, -0.2) is 47.6 Å². The van der Waals surface area contributed by atoms with Crippen molar-refractivity contribution in [3.05, 3.63) is 48.0 Å². The molecule has 0 bridgehead atoms. The van der Waals surface area contributed by atoms with E-state index in [1.165, 1.54) is 16.4 Å². The number of nitrogens with zero attached hydrogens (tertiary/aromatic N) is 3. The monoisotopic (exact) mass is 486 g/mol. The number of amides is 1. The Hall–Kier alpha value is -2.65. The fourth-order valence-corrected chi connectivity index (χ4v) is 5.69. The van der Waals surface area contributed by atoms with Crippen molar-refractivity contribution in [1.29, 1.82) is 0 Å². The molecule has 1 saturated heterocycles. The van der Waals surface area contributed by atoms with Crippen LogP contribution in [0.15, 0.2) is 41.6 Å². The molecule has 4 rings (SSSR count). The summed E-state index contributed by atoms with van der Waals surface area (Å²) in [5.41, 5.74) is 2.08. The van der Waals surface area contributed by atoms with Crippen LogP contribution in [0.1, 0.15) is 51.9 Å². The fourth-order valence-electron chi connectivity index (χ4n) is 4.45. The second kappa shape index (κ2) is 9.54. The average molecular weight is 487 g/mol. The molecule has 3 aromatic rings. The molecule has 34 heavy (non-hydrogen) atoms. The van der Waals surface area contributed by atoms with Crippen LogP contribution < -0.4 is 5.32 Å². The minimum absolute atomic E-state index is 0.135. The van der Waals surface area contributed by atoms with E-state index in [1.807, 2.05) is 13.0 Å². The molecule has 184 valence electrons. The first-order valence-corrected chi connectivity index (χ1v) is 13.3. The molecule has 1 N–H and O–H groups in total. The SMILES string of the molecule is CCNC(=O)Cc1ccn(S(=O)(=O)c2ccc3c(c2)nc(C(C)(C)C)n3CC2CCOCC2)c1. The van der Waals surface area contributed by atoms with Gasteiger partial charge in [0.2, 0.25) is 5.91 Å². The lowest BCUT2D eigenvalue weighted by Gasteiger charge is -2.26. The number of ether oxygens (including phenoxy) is 1. The number of hydrogen-bond donors (Lipinski definition) is 1. The summed E-state index contributed by atoms with van der Waals surface area (Å²) in [6.45, 7) is 11.2. The number of rotatable bonds is 7. The van der Waals surface area contributed by atoms with Crippen molar-refractivity contribution in [2.24, 2.45) is 5.92 Å². The van der Waals surface area contributed by atoms with Gasteiger partial charge in [-0.2, -0.15) is 0 Å². The molecule has 1 aliphatic rings. The average Bonchev–Trinajstić information content (AvgIpc) is 3.39. The van der Waals surface area contributed by atoms with Gasteiger partial charge in [-0.3, -0.25) is 4.79 Å². The summed E-state index contributed by atoms with van der Waals surface area (Å²) >= 11 is 0. The second-order valence-corrected chi connectivity index (χ2v) is 11.8. The highest BCUT2D eigenvalue weighted by atomic mass is 32.2. The quantitative estimate of drug-likeness (QED) is 0.552. The van der Waals surface area contributed by atoms with Crippen molar-refractivity contribution in [3.8, 4) is 0 Å². The van der Waals surface area contributed by atoms with Gasteiger partial charge >= 0.3 is 0 Å². The van der Waals surface area contributed by atoms with E-state index >= 15 is 0 Å². The maximum Gasteiger partial charge on any atom is 0.267 e. The maximum absolute atomic E-state index is 13.3. The normalized spacial score (nSPS) is 15.6. The Balaban J connectivity index is 1.68. The molecule has 8 nitrogen and oxygen atoms in total. The van der Waals surface area contributed by atoms with Gasteiger partial charge in [0, 0.05) is 44.1 Å². The van der Waals surface area contributed by atoms with E-state index < -0.39 is 10.0 Å². The predicted molar refractivity (Wildman–Crippen MR) is 131 cm³/mol. The van der Waals surface area contributed by atoms with Crippen LogP contribution >= 0.6 is 0 Å². The zero-order chi connectivity index (χ0) is 24.5. The van der Waals surface area contributed by atoms with E-state index in [1.54, 1.807) is 18.2 Å². The Kier molecular flexibility index (Phi) is 6.87. The van der Waals surface area contributed by atoms with Crippen LogP contribution in [-0.2, 0) is 37.9 Å². The van der Waals surface area contributed by atoms with Crippen molar-refractivity contribution in [2.45, 2.75) is 63.8 Å². The Labute approximate surface area is 201 Å². The van der Waals surface area contributed by atoms with Crippen molar-refractivity contribution >= 4 is 27.0 Å². The first-order valence-electron chi connectivity index (χ1n) is 11.9. The zero-order valence-corrected chi connectivity index (χ0v) is 21.2. The molecule has 0 saturated carbocycles. The molecule has 2 aromatic heterocycles. The fraction of sp³-hybridized carbons (Fsp3) is 0.520. The Morgan fingerprint density at radius 3 is 2.62 bits per heavy atom. The van der Waals surface area contributed by atoms with Gasteiger partial charge in [-0.15, -0.1) is 0 Å². The number of benzene rings is 1. The summed E-state index contributed by atoms with van der Waals surface area (Å²) in [6, 6.07) is 6.83. The minimum Gasteiger partial charge on any atom is -0.381 e. The molecular formula is C25H34N4O4S. The number of nitrogens with one attached hydrogen (secondary N) is 1. The number of hydrogen-bond acceptors (Lipinski definition) is 5. The van der Waals surface area contributed by atoms with Gasteiger partial charge in [-0.1, -0.05) is 20.8 Å². The van der Waals surface area contributed by atoms with E-state index in [0.29, 0.717) is 23.5 Å². The molecule has 0 radical (unpaired) electrons. The molecule has 0 unspecified atom stereocenters. The highest BCUT2D eigenvalue weighted by molar-refractivity contribution is 7.90. The van der Waals surface area contributed by atoms with E-state index in [4.69, 9.17) is 9.72 Å². The third-order valence-corrected chi connectivity index (χ3v) is 7.85. The number of fused-ring (bicyclic) bond motifs is 1. The number of imidazole rings is 1. The smallest absolute Gasteiger partial charge is 0.267 e. The Morgan fingerprint density at radius 2 is 1.94 bits per heavy atom. The van der Waals surface area contributed by atoms with Crippen LogP contribution in [0.3, 0.4) is 0 Å². The van der Waals surface area contributed by atoms with Gasteiger partial charge in [0.25, 0.3) is 10.0 Å². The maximum atomic E-state index is 13.3. The first-order chi connectivity index (χ1) is 16.1. The molecule has 0 aliphatic carbocycles. The summed E-state index contributed by atoms with van der Waals surface area (Å²) in [6.07, 6.45) is 5.16. The topological polar surface area (TPSA) is 95.2 Å². The predicted octanol–water partition coefficient (Wildman–Crippen LogP) is 3.48. The minimum atomic E-state index is -3.80. The lowest BCUT2D eigenvalue weighted by molar-refractivity contribution is -0.120. The standard InChI is InChI=1S/C25H34N4O4S/c1-5-26-23(30)14-19-8-11-28(16-19)34(31,32)20-6-7-22-21(15-20)27-24(25(2,3)4)29(22)17-18-9-12-33-13-10-18/h6-8,11,15-16,18H,5,9-10,12-14,17H2,1-4H3,(H,26,30). The third-order valence-electron chi connectivity index (χ3n) is 6.21. The number of carbonyl (C=O) groups excluding carboxylic acids is 1. The molecular weight excluding hydrogens is 452 g/mol. The van der Waals surface area contributed by atoms with Crippen LogP contribution in [0, 0.1) is 5.92 Å². The summed E-state index contributed by atoms with van der Waals surface area (Å²) in [5, 5.41) is 2.73. The van der Waals surface area contributed by atoms with E-state index in [-0.39, 0.29) is 22.6 Å². The van der Waals surface area contributed by atoms with Crippen LogP contribution in [0.25, 0.3) is 11.0 Å². The molecule has 1 fully saturated rings. The zero-order valence-electron chi connectivity index (χ0n) is 20.4. The van der Waals surface area contributed by atoms with E-state index in [9.17, 15) is 13.2 Å². The second-order valence-electron chi connectivity index (χ2n) is 9.99. The number of aromatic nitrogens is 3. The van der Waals surface area contributed by atoms with Gasteiger partial charge in [-0.05, 0) is 55.5 Å². The third kappa shape index (κ3) is 5.05.